The van der Waals surface area contributed by atoms with E-state index >= 15 is 0 Å². The number of ether oxygens (including phenoxy) is 6. The first kappa shape index (κ1) is 88.0. The number of nitrogens with one attached hydrogen (secondary N) is 1. The van der Waals surface area contributed by atoms with Gasteiger partial charge in [0.1, 0.15) is 73.2 Å². The van der Waals surface area contributed by atoms with Crippen molar-refractivity contribution >= 4 is 5.91 Å². The molecule has 96 heavy (non-hydrogen) atoms. The van der Waals surface area contributed by atoms with Gasteiger partial charge in [0.05, 0.1) is 38.6 Å². The molecule has 3 aliphatic rings. The molecule has 19 nitrogen and oxygen atoms in total. The van der Waals surface area contributed by atoms with Gasteiger partial charge in [-0.05, 0) is 70.6 Å². The molecule has 12 N–H and O–H groups in total. The van der Waals surface area contributed by atoms with Crippen molar-refractivity contribution in [1.82, 2.24) is 5.32 Å². The predicted molar refractivity (Wildman–Crippen MR) is 379 cm³/mol. The minimum Gasteiger partial charge on any atom is -0.394 e. The molecule has 0 aromatic rings. The quantitative estimate of drug-likeness (QED) is 0.0199. The van der Waals surface area contributed by atoms with E-state index in [1.165, 1.54) is 225 Å². The maximum atomic E-state index is 13.5. The van der Waals surface area contributed by atoms with Gasteiger partial charge in [-0.25, -0.2) is 0 Å². The van der Waals surface area contributed by atoms with Crippen LogP contribution in [0.15, 0.2) is 48.6 Å². The van der Waals surface area contributed by atoms with Crippen LogP contribution < -0.4 is 5.32 Å². The van der Waals surface area contributed by atoms with Crippen LogP contribution >= 0.6 is 0 Å². The summed E-state index contributed by atoms with van der Waals surface area (Å²) in [4.78, 5) is 13.5. The number of aliphatic hydroxyl groups is 11. The summed E-state index contributed by atoms with van der Waals surface area (Å²) in [5.41, 5.74) is 0. The molecule has 0 aromatic heterocycles. The van der Waals surface area contributed by atoms with Crippen LogP contribution in [0.1, 0.15) is 303 Å². The maximum Gasteiger partial charge on any atom is 0.220 e. The highest BCUT2D eigenvalue weighted by Crippen LogP contribution is 2.33. The Hall–Kier alpha value is -2.25. The van der Waals surface area contributed by atoms with Crippen LogP contribution in [0.25, 0.3) is 0 Å². The summed E-state index contributed by atoms with van der Waals surface area (Å²) in [6.45, 7) is 1.74. The summed E-state index contributed by atoms with van der Waals surface area (Å²) in [5, 5.41) is 121. The van der Waals surface area contributed by atoms with Crippen molar-refractivity contribution in [3.05, 3.63) is 48.6 Å². The molecule has 3 aliphatic heterocycles. The molecule has 1 amide bonds. The first-order valence-electron chi connectivity index (χ1n) is 38.9. The number of rotatable bonds is 61. The minimum absolute atomic E-state index is 0.234. The Morgan fingerprint density at radius 2 is 0.667 bits per heavy atom. The van der Waals surface area contributed by atoms with Crippen molar-refractivity contribution in [3.63, 3.8) is 0 Å². The molecule has 3 rings (SSSR count). The lowest BCUT2D eigenvalue weighted by atomic mass is 9.96. The fourth-order valence-electron chi connectivity index (χ4n) is 13.0. The zero-order valence-corrected chi connectivity index (χ0v) is 59.9. The van der Waals surface area contributed by atoms with Crippen molar-refractivity contribution in [2.45, 2.75) is 407 Å². The molecule has 19 heteroatoms. The standard InChI is InChI=1S/C77H141NO18/c1-3-5-7-9-11-13-15-17-19-21-23-25-27-28-29-30-31-32-33-35-37-39-41-43-45-47-49-51-53-55-65(83)78-60(61(82)54-52-50-48-46-44-42-40-38-36-34-26-24-22-20-18-16-14-12-10-8-6-4-2)59-91-75-71(89)68(86)73(63(57-80)93-75)96-77-72(90)69(87)74(64(58-81)94-77)95-76-70(88)67(85)66(84)62(56-79)92-76/h21,23,36,38,44,46,52,54,60-64,66-77,79-82,84-90H,3-20,22,24-35,37,39-43,45,47-51,53,55-59H2,1-2H3,(H,78,83)/b23-21-,38-36+,46-44+,54-52+. The molecule has 0 aliphatic carbocycles. The molecule has 17 unspecified atom stereocenters. The lowest BCUT2D eigenvalue weighted by Crippen LogP contribution is -2.66. The summed E-state index contributed by atoms with van der Waals surface area (Å²) in [5.74, 6) is -0.285. The third-order valence-electron chi connectivity index (χ3n) is 19.3. The van der Waals surface area contributed by atoms with Gasteiger partial charge >= 0.3 is 0 Å². The molecule has 0 saturated carbocycles. The topological polar surface area (TPSA) is 307 Å². The van der Waals surface area contributed by atoms with Gasteiger partial charge in [0, 0.05) is 6.42 Å². The van der Waals surface area contributed by atoms with Gasteiger partial charge in [-0.1, -0.05) is 274 Å². The molecular weight excluding hydrogens is 1230 g/mol. The normalized spacial score (nSPS) is 27.3. The number of aliphatic hydroxyl groups excluding tert-OH is 11. The van der Waals surface area contributed by atoms with Gasteiger partial charge in [0.2, 0.25) is 5.91 Å². The average molecular weight is 1370 g/mol. The number of allylic oxidation sites excluding steroid dienone is 7. The van der Waals surface area contributed by atoms with Crippen molar-refractivity contribution in [2.75, 3.05) is 26.4 Å². The Morgan fingerprint density at radius 3 is 1.04 bits per heavy atom. The van der Waals surface area contributed by atoms with E-state index in [1.807, 2.05) is 6.08 Å². The number of amides is 1. The Balaban J connectivity index is 1.40. The van der Waals surface area contributed by atoms with Crippen LogP contribution in [0, 0.1) is 0 Å². The molecule has 0 aromatic carbocycles. The largest absolute Gasteiger partial charge is 0.394 e. The van der Waals surface area contributed by atoms with Crippen molar-refractivity contribution in [2.24, 2.45) is 0 Å². The van der Waals surface area contributed by atoms with E-state index in [-0.39, 0.29) is 18.9 Å². The van der Waals surface area contributed by atoms with E-state index in [4.69, 9.17) is 28.4 Å². The molecule has 0 radical (unpaired) electrons. The van der Waals surface area contributed by atoms with Crippen LogP contribution in [0.4, 0.5) is 0 Å². The number of hydrogen-bond acceptors (Lipinski definition) is 18. The Morgan fingerprint density at radius 1 is 0.365 bits per heavy atom. The summed E-state index contributed by atoms with van der Waals surface area (Å²) in [6.07, 6.45) is 45.3. The van der Waals surface area contributed by atoms with Gasteiger partial charge in [0.15, 0.2) is 18.9 Å². The third kappa shape index (κ3) is 38.7. The van der Waals surface area contributed by atoms with E-state index < -0.39 is 124 Å². The second-order valence-electron chi connectivity index (χ2n) is 27.8. The summed E-state index contributed by atoms with van der Waals surface area (Å²) in [6, 6.07) is -0.997. The van der Waals surface area contributed by atoms with E-state index in [0.717, 1.165) is 44.9 Å². The van der Waals surface area contributed by atoms with Crippen LogP contribution in [0.2, 0.25) is 0 Å². The second kappa shape index (κ2) is 58.3. The maximum absolute atomic E-state index is 13.5. The molecule has 0 spiro atoms. The van der Waals surface area contributed by atoms with Gasteiger partial charge in [-0.2, -0.15) is 0 Å². The van der Waals surface area contributed by atoms with Crippen LogP contribution in [-0.2, 0) is 33.2 Å². The van der Waals surface area contributed by atoms with Crippen LogP contribution in [-0.4, -0.2) is 193 Å². The number of carbonyl (C=O) groups is 1. The third-order valence-corrected chi connectivity index (χ3v) is 19.3. The highest BCUT2D eigenvalue weighted by molar-refractivity contribution is 5.76. The number of hydrogen-bond donors (Lipinski definition) is 12. The first-order valence-corrected chi connectivity index (χ1v) is 38.9. The van der Waals surface area contributed by atoms with E-state index in [1.54, 1.807) is 6.08 Å². The number of unbranched alkanes of at least 4 members (excludes halogenated alkanes) is 39. The monoisotopic (exact) mass is 1370 g/mol. The fraction of sp³-hybridized carbons (Fsp3) is 0.883. The summed E-state index contributed by atoms with van der Waals surface area (Å²) >= 11 is 0. The fourth-order valence-corrected chi connectivity index (χ4v) is 13.0. The molecule has 3 fully saturated rings. The Bertz CT molecular complexity index is 1930. The molecule has 3 heterocycles. The zero-order valence-electron chi connectivity index (χ0n) is 59.9. The van der Waals surface area contributed by atoms with E-state index in [2.05, 4.69) is 55.6 Å². The zero-order chi connectivity index (χ0) is 69.6. The number of carbonyl (C=O) groups excluding carboxylic acids is 1. The van der Waals surface area contributed by atoms with Gasteiger partial charge in [-0.15, -0.1) is 0 Å². The van der Waals surface area contributed by atoms with Gasteiger partial charge in [0.25, 0.3) is 0 Å². The van der Waals surface area contributed by atoms with Crippen molar-refractivity contribution in [3.8, 4) is 0 Å². The van der Waals surface area contributed by atoms with Crippen molar-refractivity contribution in [1.29, 1.82) is 0 Å². The summed E-state index contributed by atoms with van der Waals surface area (Å²) < 4.78 is 34.4. The first-order chi connectivity index (χ1) is 46.8. The van der Waals surface area contributed by atoms with Gasteiger partial charge in [-0.3, -0.25) is 4.79 Å². The van der Waals surface area contributed by atoms with Crippen molar-refractivity contribution < 1.29 is 89.4 Å². The molecule has 0 bridgehead atoms. The lowest BCUT2D eigenvalue weighted by Gasteiger charge is -2.48. The van der Waals surface area contributed by atoms with Crippen LogP contribution in [0.3, 0.4) is 0 Å². The highest BCUT2D eigenvalue weighted by atomic mass is 16.8. The lowest BCUT2D eigenvalue weighted by molar-refractivity contribution is -0.379. The second-order valence-corrected chi connectivity index (χ2v) is 27.8. The van der Waals surface area contributed by atoms with Crippen LogP contribution in [0.5, 0.6) is 0 Å². The smallest absolute Gasteiger partial charge is 0.220 e. The SMILES string of the molecule is CCCCCCCCCC/C=C\CCCCCCCCCCCCCCCCCCCC(=O)NC(COC1OC(CO)C(OC2OC(CO)C(OC3OC(CO)C(O)C(O)C3O)C(O)C2O)C(O)C1O)C(O)/C=C/CC/C=C/CC/C=C/CCCCCCCCCCCCCC. The minimum atomic E-state index is -1.98. The highest BCUT2D eigenvalue weighted by Gasteiger charge is 2.53. The summed E-state index contributed by atoms with van der Waals surface area (Å²) in [7, 11) is 0. The van der Waals surface area contributed by atoms with E-state index in [9.17, 15) is 61.0 Å². The predicted octanol–water partition coefficient (Wildman–Crippen LogP) is 12.1. The Labute approximate surface area is 580 Å². The molecular formula is C77H141NO18. The average Bonchev–Trinajstić information content (AvgIpc) is 0.787. The molecule has 3 saturated heterocycles. The van der Waals surface area contributed by atoms with Gasteiger partial charge < -0.3 is 89.9 Å². The molecule has 562 valence electrons. The Kier molecular flexibility index (Phi) is 53.4. The molecule has 17 atom stereocenters. The van der Waals surface area contributed by atoms with E-state index in [0.29, 0.717) is 12.8 Å².